The van der Waals surface area contributed by atoms with E-state index in [4.69, 9.17) is 14.6 Å². The van der Waals surface area contributed by atoms with Gasteiger partial charge in [0.25, 0.3) is 0 Å². The number of carboxylic acid groups (broad SMARTS) is 1. The quantitative estimate of drug-likeness (QED) is 0.459. The maximum Gasteiger partial charge on any atom is 0.490 e. The van der Waals surface area contributed by atoms with Crippen LogP contribution in [0.1, 0.15) is 17.7 Å². The summed E-state index contributed by atoms with van der Waals surface area (Å²) < 4.78 is 65.6. The molecule has 0 fully saturated rings. The summed E-state index contributed by atoms with van der Waals surface area (Å²) in [4.78, 5) is 23.3. The smallest absolute Gasteiger partial charge is 0.475 e. The van der Waals surface area contributed by atoms with E-state index in [0.29, 0.717) is 39.2 Å². The molecule has 0 aliphatic carbocycles. The number of alkyl halides is 3. The van der Waals surface area contributed by atoms with Gasteiger partial charge in [-0.25, -0.2) is 13.6 Å². The molecule has 188 valence electrons. The maximum atomic E-state index is 13.5. The topological polar surface area (TPSA) is 83.8 Å². The largest absolute Gasteiger partial charge is 0.490 e. The number of nitrogens with zero attached hydrogens (tertiary/aromatic N) is 2. The Balaban J connectivity index is 0.000000509. The number of benzene rings is 1. The van der Waals surface area contributed by atoms with Gasteiger partial charge in [0.15, 0.2) is 11.6 Å². The van der Waals surface area contributed by atoms with Crippen molar-refractivity contribution in [1.82, 2.24) is 14.8 Å². The van der Waals surface area contributed by atoms with Gasteiger partial charge in [0, 0.05) is 58.1 Å². The molecule has 3 rings (SSSR count). The number of hydrogen-bond acceptors (Lipinski definition) is 4. The zero-order chi connectivity index (χ0) is 25.3. The Kier molecular flexibility index (Phi) is 9.99. The summed E-state index contributed by atoms with van der Waals surface area (Å²) >= 11 is 0. The minimum Gasteiger partial charge on any atom is -0.475 e. The van der Waals surface area contributed by atoms with Crippen molar-refractivity contribution in [3.63, 3.8) is 0 Å². The number of carbonyl (C=O) groups is 2. The molecular formula is C22H26F5N3O4. The third-order valence-electron chi connectivity index (χ3n) is 5.02. The molecule has 2 N–H and O–H groups in total. The van der Waals surface area contributed by atoms with Crippen LogP contribution in [-0.2, 0) is 34.0 Å². The number of methoxy groups -OCH3 is 1. The molecule has 0 bridgehead atoms. The number of halogens is 5. The summed E-state index contributed by atoms with van der Waals surface area (Å²) in [5, 5.41) is 9.99. The fourth-order valence-electron chi connectivity index (χ4n) is 3.54. The lowest BCUT2D eigenvalue weighted by Crippen LogP contribution is -2.33. The lowest BCUT2D eigenvalue weighted by molar-refractivity contribution is -0.192. The van der Waals surface area contributed by atoms with E-state index < -0.39 is 23.8 Å². The Hall–Kier alpha value is -2.99. The van der Waals surface area contributed by atoms with Crippen LogP contribution in [0.15, 0.2) is 36.5 Å². The monoisotopic (exact) mass is 491 g/mol. The summed E-state index contributed by atoms with van der Waals surface area (Å²) in [6, 6.07) is 8.05. The molecule has 7 nitrogen and oxygen atoms in total. The molecule has 1 unspecified atom stereocenters. The van der Waals surface area contributed by atoms with Crippen LogP contribution in [0.2, 0.25) is 0 Å². The zero-order valence-electron chi connectivity index (χ0n) is 18.4. The molecule has 0 spiro atoms. The highest BCUT2D eigenvalue weighted by molar-refractivity contribution is 5.76. The van der Waals surface area contributed by atoms with Crippen LogP contribution in [-0.4, -0.2) is 59.4 Å². The molecule has 1 aromatic heterocycles. The van der Waals surface area contributed by atoms with Gasteiger partial charge < -0.3 is 19.7 Å². The standard InChI is InChI=1S/C20H25F2N3O2.C2HF3O2/c1-27-8-6-23-20(26)10-16-12-24(14-17-3-2-7-25(17)13-16)11-15-4-5-18(21)19(22)9-15;3-2(4,5)1(6)7/h2-5,7,9,16H,6,8,10-14H2,1H3,(H,23,26);(H,6,7). The first-order chi connectivity index (χ1) is 16.0. The average Bonchev–Trinajstić information content (AvgIpc) is 3.10. The Bertz CT molecular complexity index is 964. The van der Waals surface area contributed by atoms with E-state index in [0.717, 1.165) is 23.9 Å². The second kappa shape index (κ2) is 12.5. The van der Waals surface area contributed by atoms with E-state index in [2.05, 4.69) is 20.9 Å². The van der Waals surface area contributed by atoms with Crippen molar-refractivity contribution in [2.24, 2.45) is 5.92 Å². The molecule has 0 radical (unpaired) electrons. The molecular weight excluding hydrogens is 465 g/mol. The highest BCUT2D eigenvalue weighted by Gasteiger charge is 2.38. The Labute approximate surface area is 193 Å². The lowest BCUT2D eigenvalue weighted by Gasteiger charge is -2.24. The van der Waals surface area contributed by atoms with Gasteiger partial charge in [-0.15, -0.1) is 0 Å². The second-order valence-electron chi connectivity index (χ2n) is 7.79. The SMILES string of the molecule is COCCNC(=O)CC1CN(Cc2ccc(F)c(F)c2)Cc2cccn2C1.O=C(O)C(F)(F)F. The lowest BCUT2D eigenvalue weighted by atomic mass is 10.0. The van der Waals surface area contributed by atoms with Gasteiger partial charge >= 0.3 is 12.1 Å². The molecule has 0 saturated carbocycles. The van der Waals surface area contributed by atoms with Crippen molar-refractivity contribution in [3.8, 4) is 0 Å². The molecule has 1 aliphatic rings. The summed E-state index contributed by atoms with van der Waals surface area (Å²) in [7, 11) is 1.60. The van der Waals surface area contributed by atoms with Gasteiger partial charge in [-0.3, -0.25) is 9.69 Å². The summed E-state index contributed by atoms with van der Waals surface area (Å²) in [6.07, 6.45) is -2.65. The third-order valence-corrected chi connectivity index (χ3v) is 5.02. The van der Waals surface area contributed by atoms with Crippen LogP contribution in [0.4, 0.5) is 22.0 Å². The molecule has 2 heterocycles. The normalized spacial score (nSPS) is 16.1. The highest BCUT2D eigenvalue weighted by atomic mass is 19.4. The molecule has 1 amide bonds. The van der Waals surface area contributed by atoms with Crippen LogP contribution in [0.25, 0.3) is 0 Å². The van der Waals surface area contributed by atoms with Gasteiger partial charge in [0.1, 0.15) is 0 Å². The van der Waals surface area contributed by atoms with Crippen molar-refractivity contribution in [3.05, 3.63) is 59.4 Å². The fraction of sp³-hybridized carbons (Fsp3) is 0.455. The molecule has 1 aromatic carbocycles. The Morgan fingerprint density at radius 2 is 1.88 bits per heavy atom. The number of rotatable bonds is 7. The van der Waals surface area contributed by atoms with Crippen molar-refractivity contribution >= 4 is 11.9 Å². The summed E-state index contributed by atoms with van der Waals surface area (Å²) in [5.41, 5.74) is 1.87. The van der Waals surface area contributed by atoms with Crippen molar-refractivity contribution in [2.45, 2.75) is 32.2 Å². The third kappa shape index (κ3) is 8.75. The van der Waals surface area contributed by atoms with Gasteiger partial charge in [-0.1, -0.05) is 6.07 Å². The predicted octanol–water partition coefficient (Wildman–Crippen LogP) is 3.18. The minimum absolute atomic E-state index is 0.000401. The van der Waals surface area contributed by atoms with Crippen molar-refractivity contribution in [1.29, 1.82) is 0 Å². The summed E-state index contributed by atoms with van der Waals surface area (Å²) in [5.74, 6) is -4.30. The number of ether oxygens (including phenoxy) is 1. The van der Waals surface area contributed by atoms with Crippen molar-refractivity contribution in [2.75, 3.05) is 26.8 Å². The van der Waals surface area contributed by atoms with Gasteiger partial charge in [-0.2, -0.15) is 13.2 Å². The zero-order valence-corrected chi connectivity index (χ0v) is 18.4. The van der Waals surface area contributed by atoms with E-state index in [1.807, 2.05) is 12.3 Å². The van der Waals surface area contributed by atoms with Gasteiger partial charge in [0.05, 0.1) is 6.61 Å². The fourth-order valence-corrected chi connectivity index (χ4v) is 3.54. The number of hydrogen-bond donors (Lipinski definition) is 2. The van der Waals surface area contributed by atoms with E-state index in [-0.39, 0.29) is 11.8 Å². The minimum atomic E-state index is -5.08. The van der Waals surface area contributed by atoms with E-state index in [1.54, 1.807) is 13.2 Å². The number of nitrogens with one attached hydrogen (secondary N) is 1. The average molecular weight is 491 g/mol. The second-order valence-corrected chi connectivity index (χ2v) is 7.79. The van der Waals surface area contributed by atoms with Crippen LogP contribution in [0.3, 0.4) is 0 Å². The number of carbonyl (C=O) groups excluding carboxylic acids is 1. The van der Waals surface area contributed by atoms with Gasteiger partial charge in [0.2, 0.25) is 5.91 Å². The highest BCUT2D eigenvalue weighted by Crippen LogP contribution is 2.22. The Morgan fingerprint density at radius 3 is 2.50 bits per heavy atom. The van der Waals surface area contributed by atoms with Gasteiger partial charge in [-0.05, 0) is 35.7 Å². The predicted molar refractivity (Wildman–Crippen MR) is 112 cm³/mol. The first kappa shape index (κ1) is 27.3. The molecule has 12 heteroatoms. The number of fused-ring (bicyclic) bond motifs is 1. The number of amides is 1. The van der Waals surface area contributed by atoms with Crippen LogP contribution in [0, 0.1) is 17.6 Å². The molecule has 1 aliphatic heterocycles. The summed E-state index contributed by atoms with van der Waals surface area (Å²) in [6.45, 7) is 3.65. The number of carboxylic acids is 1. The van der Waals surface area contributed by atoms with Crippen molar-refractivity contribution < 1.29 is 41.4 Å². The number of aliphatic carboxylic acids is 1. The first-order valence-electron chi connectivity index (χ1n) is 10.4. The van der Waals surface area contributed by atoms with Crippen LogP contribution < -0.4 is 5.32 Å². The molecule has 0 saturated heterocycles. The Morgan fingerprint density at radius 1 is 1.18 bits per heavy atom. The van der Waals surface area contributed by atoms with Crippen LogP contribution >= 0.6 is 0 Å². The molecule has 34 heavy (non-hydrogen) atoms. The van der Waals surface area contributed by atoms with Crippen LogP contribution in [0.5, 0.6) is 0 Å². The molecule has 1 atom stereocenters. The van der Waals surface area contributed by atoms with E-state index >= 15 is 0 Å². The number of aromatic nitrogens is 1. The molecule has 2 aromatic rings. The maximum absolute atomic E-state index is 13.5. The first-order valence-corrected chi connectivity index (χ1v) is 10.4. The van der Waals surface area contributed by atoms with E-state index in [1.165, 1.54) is 6.07 Å². The van der Waals surface area contributed by atoms with E-state index in [9.17, 15) is 26.7 Å².